The summed E-state index contributed by atoms with van der Waals surface area (Å²) in [4.78, 5) is 14.4. The van der Waals surface area contributed by atoms with Crippen LogP contribution in [0.1, 0.15) is 40.6 Å². The van der Waals surface area contributed by atoms with Crippen molar-refractivity contribution < 1.29 is 4.79 Å². The highest BCUT2D eigenvalue weighted by Crippen LogP contribution is 2.32. The third kappa shape index (κ3) is 2.14. The molecule has 3 rings (SSSR count). The average molecular weight is 259 g/mol. The van der Waals surface area contributed by atoms with E-state index in [0.29, 0.717) is 5.69 Å². The van der Waals surface area contributed by atoms with Crippen LogP contribution < -0.4 is 0 Å². The number of rotatable bonds is 2. The summed E-state index contributed by atoms with van der Waals surface area (Å²) in [7, 11) is 1.89. The molecule has 0 radical (unpaired) electrons. The number of nitrogens with one attached hydrogen (secondary N) is 1. The topological polar surface area (TPSA) is 66.8 Å². The van der Waals surface area contributed by atoms with Gasteiger partial charge >= 0.3 is 0 Å². The van der Waals surface area contributed by atoms with Gasteiger partial charge in [0.25, 0.3) is 5.91 Å². The molecule has 2 aromatic heterocycles. The third-order valence-electron chi connectivity index (χ3n) is 3.55. The molecule has 100 valence electrons. The summed E-state index contributed by atoms with van der Waals surface area (Å²) in [5.74, 6) is -0.00398. The zero-order chi connectivity index (χ0) is 13.4. The number of hydrogen-bond acceptors (Lipinski definition) is 3. The van der Waals surface area contributed by atoms with Gasteiger partial charge in [0, 0.05) is 31.0 Å². The molecule has 1 aliphatic heterocycles. The van der Waals surface area contributed by atoms with Crippen molar-refractivity contribution in [1.29, 1.82) is 0 Å². The second-order valence-electron chi connectivity index (χ2n) is 5.04. The lowest BCUT2D eigenvalue weighted by molar-refractivity contribution is 0.0729. The molecular formula is C13H17N5O. The Morgan fingerprint density at radius 2 is 2.37 bits per heavy atom. The summed E-state index contributed by atoms with van der Waals surface area (Å²) in [6, 6.07) is 1.92. The van der Waals surface area contributed by atoms with E-state index in [1.54, 1.807) is 10.7 Å². The molecule has 0 saturated carbocycles. The summed E-state index contributed by atoms with van der Waals surface area (Å²) in [5, 5.41) is 11.1. The molecule has 0 aromatic carbocycles. The standard InChI is InChI=1S/C13H17N5O/c1-9-6-11(16-15-9)13(19)18-5-3-4-12(18)10-7-14-17(2)8-10/h6-8,12H,3-5H2,1-2H3,(H,15,16)/t12-/m1/s1. The number of hydrogen-bond donors (Lipinski definition) is 1. The number of carbonyl (C=O) groups is 1. The number of aromatic amines is 1. The smallest absolute Gasteiger partial charge is 0.274 e. The van der Waals surface area contributed by atoms with Crippen molar-refractivity contribution in [3.05, 3.63) is 35.4 Å². The van der Waals surface area contributed by atoms with Gasteiger partial charge in [-0.1, -0.05) is 0 Å². The molecule has 0 unspecified atom stereocenters. The molecule has 0 aliphatic carbocycles. The van der Waals surface area contributed by atoms with Gasteiger partial charge < -0.3 is 4.90 Å². The molecule has 1 N–H and O–H groups in total. The van der Waals surface area contributed by atoms with Crippen LogP contribution in [0.15, 0.2) is 18.5 Å². The lowest BCUT2D eigenvalue weighted by Gasteiger charge is -2.22. The molecule has 2 aromatic rings. The van der Waals surface area contributed by atoms with Crippen LogP contribution >= 0.6 is 0 Å². The molecular weight excluding hydrogens is 242 g/mol. The lowest BCUT2D eigenvalue weighted by Crippen LogP contribution is -2.30. The Bertz CT molecular complexity index is 600. The van der Waals surface area contributed by atoms with E-state index in [1.165, 1.54) is 0 Å². The van der Waals surface area contributed by atoms with Gasteiger partial charge in [-0.05, 0) is 25.8 Å². The number of likely N-dealkylation sites (tertiary alicyclic amines) is 1. The highest BCUT2D eigenvalue weighted by atomic mass is 16.2. The molecule has 1 saturated heterocycles. The van der Waals surface area contributed by atoms with Gasteiger partial charge in [0.15, 0.2) is 0 Å². The minimum Gasteiger partial charge on any atom is -0.330 e. The minimum atomic E-state index is -0.00398. The van der Waals surface area contributed by atoms with Crippen LogP contribution in [0.25, 0.3) is 0 Å². The molecule has 6 nitrogen and oxygen atoms in total. The number of amides is 1. The first-order valence-electron chi connectivity index (χ1n) is 6.46. The molecule has 1 fully saturated rings. The SMILES string of the molecule is Cc1cc(C(=O)N2CCC[C@@H]2c2cnn(C)c2)n[nH]1. The molecule has 1 amide bonds. The quantitative estimate of drug-likeness (QED) is 0.887. The van der Waals surface area contributed by atoms with Gasteiger partial charge in [0.1, 0.15) is 5.69 Å². The zero-order valence-electron chi connectivity index (χ0n) is 11.1. The number of nitrogens with zero attached hydrogens (tertiary/aromatic N) is 4. The van der Waals surface area contributed by atoms with E-state index < -0.39 is 0 Å². The van der Waals surface area contributed by atoms with Crippen LogP contribution in [0.2, 0.25) is 0 Å². The predicted molar refractivity (Wildman–Crippen MR) is 69.5 cm³/mol. The van der Waals surface area contributed by atoms with E-state index in [9.17, 15) is 4.79 Å². The summed E-state index contributed by atoms with van der Waals surface area (Å²) in [5.41, 5.74) is 2.49. The van der Waals surface area contributed by atoms with Crippen LogP contribution in [0, 0.1) is 6.92 Å². The highest BCUT2D eigenvalue weighted by molar-refractivity contribution is 5.92. The Hall–Kier alpha value is -2.11. The predicted octanol–water partition coefficient (Wildman–Crippen LogP) is 1.43. The average Bonchev–Trinajstić information content (AvgIpc) is 3.07. The number of H-pyrrole nitrogens is 1. The van der Waals surface area contributed by atoms with Crippen LogP contribution in [0.5, 0.6) is 0 Å². The van der Waals surface area contributed by atoms with Crippen LogP contribution in [-0.2, 0) is 7.05 Å². The first-order chi connectivity index (χ1) is 9.15. The second-order valence-corrected chi connectivity index (χ2v) is 5.04. The maximum absolute atomic E-state index is 12.5. The van der Waals surface area contributed by atoms with E-state index in [1.807, 2.05) is 31.3 Å². The molecule has 1 atom stereocenters. The Morgan fingerprint density at radius 3 is 3.00 bits per heavy atom. The monoisotopic (exact) mass is 259 g/mol. The number of aromatic nitrogens is 4. The van der Waals surface area contributed by atoms with E-state index in [0.717, 1.165) is 30.6 Å². The first-order valence-corrected chi connectivity index (χ1v) is 6.46. The van der Waals surface area contributed by atoms with Crippen molar-refractivity contribution in [1.82, 2.24) is 24.9 Å². The van der Waals surface area contributed by atoms with Crippen LogP contribution in [0.3, 0.4) is 0 Å². The van der Waals surface area contributed by atoms with Crippen molar-refractivity contribution >= 4 is 5.91 Å². The zero-order valence-corrected chi connectivity index (χ0v) is 11.1. The fourth-order valence-corrected chi connectivity index (χ4v) is 2.64. The summed E-state index contributed by atoms with van der Waals surface area (Å²) in [6.07, 6.45) is 5.83. The van der Waals surface area contributed by atoms with Crippen molar-refractivity contribution in [3.63, 3.8) is 0 Å². The van der Waals surface area contributed by atoms with Gasteiger partial charge in [-0.25, -0.2) is 0 Å². The van der Waals surface area contributed by atoms with E-state index >= 15 is 0 Å². The number of aryl methyl sites for hydroxylation is 2. The molecule has 3 heterocycles. The van der Waals surface area contributed by atoms with Gasteiger partial charge in [-0.3, -0.25) is 14.6 Å². The second kappa shape index (κ2) is 4.53. The molecule has 0 bridgehead atoms. The van der Waals surface area contributed by atoms with Crippen LogP contribution in [-0.4, -0.2) is 37.3 Å². The van der Waals surface area contributed by atoms with Crippen LogP contribution in [0.4, 0.5) is 0 Å². The van der Waals surface area contributed by atoms with Gasteiger partial charge in [0.2, 0.25) is 0 Å². The van der Waals surface area contributed by atoms with Gasteiger partial charge in [-0.2, -0.15) is 10.2 Å². The molecule has 0 spiro atoms. The van der Waals surface area contributed by atoms with Gasteiger partial charge in [0.05, 0.1) is 12.2 Å². The van der Waals surface area contributed by atoms with E-state index in [-0.39, 0.29) is 11.9 Å². The Balaban J connectivity index is 1.85. The molecule has 19 heavy (non-hydrogen) atoms. The highest BCUT2D eigenvalue weighted by Gasteiger charge is 2.32. The first kappa shape index (κ1) is 12.0. The van der Waals surface area contributed by atoms with Gasteiger partial charge in [-0.15, -0.1) is 0 Å². The van der Waals surface area contributed by atoms with Crippen molar-refractivity contribution in [2.45, 2.75) is 25.8 Å². The number of carbonyl (C=O) groups excluding carboxylic acids is 1. The van der Waals surface area contributed by atoms with Crippen molar-refractivity contribution in [3.8, 4) is 0 Å². The summed E-state index contributed by atoms with van der Waals surface area (Å²) in [6.45, 7) is 2.68. The maximum atomic E-state index is 12.5. The van der Waals surface area contributed by atoms with E-state index in [2.05, 4.69) is 15.3 Å². The normalized spacial score (nSPS) is 19.1. The van der Waals surface area contributed by atoms with E-state index in [4.69, 9.17) is 0 Å². The lowest BCUT2D eigenvalue weighted by atomic mass is 10.1. The Kier molecular flexibility index (Phi) is 2.85. The molecule has 1 aliphatic rings. The van der Waals surface area contributed by atoms with Crippen molar-refractivity contribution in [2.24, 2.45) is 7.05 Å². The maximum Gasteiger partial charge on any atom is 0.274 e. The fraction of sp³-hybridized carbons (Fsp3) is 0.462. The third-order valence-corrected chi connectivity index (χ3v) is 3.55. The van der Waals surface area contributed by atoms with Crippen molar-refractivity contribution in [2.75, 3.05) is 6.54 Å². The summed E-state index contributed by atoms with van der Waals surface area (Å²) >= 11 is 0. The minimum absolute atomic E-state index is 0.00398. The summed E-state index contributed by atoms with van der Waals surface area (Å²) < 4.78 is 1.77. The Labute approximate surface area is 111 Å². The molecule has 6 heteroatoms. The largest absolute Gasteiger partial charge is 0.330 e. The Morgan fingerprint density at radius 1 is 1.53 bits per heavy atom. The fourth-order valence-electron chi connectivity index (χ4n) is 2.64.